The van der Waals surface area contributed by atoms with Crippen molar-refractivity contribution in [3.8, 4) is 5.75 Å². The van der Waals surface area contributed by atoms with Gasteiger partial charge in [-0.3, -0.25) is 0 Å². The molecule has 0 heterocycles. The van der Waals surface area contributed by atoms with Gasteiger partial charge in [0.2, 0.25) is 0 Å². The van der Waals surface area contributed by atoms with E-state index < -0.39 is 13.9 Å². The number of aromatic hydroxyl groups is 1. The molecule has 310 valence electrons. The molecule has 0 spiro atoms. The van der Waals surface area contributed by atoms with Gasteiger partial charge in [-0.2, -0.15) is 0 Å². The van der Waals surface area contributed by atoms with Crippen LogP contribution in [0.15, 0.2) is 12.1 Å². The van der Waals surface area contributed by atoms with E-state index in [2.05, 4.69) is 40.7 Å². The molecule has 0 fully saturated rings. The molecule has 1 rings (SSSR count). The molecule has 0 aliphatic heterocycles. The number of benzene rings is 1. The van der Waals surface area contributed by atoms with Crippen molar-refractivity contribution in [2.45, 2.75) is 271 Å². The number of phenols is 1. The zero-order valence-electron chi connectivity index (χ0n) is 36.4. The van der Waals surface area contributed by atoms with Gasteiger partial charge in [-0.25, -0.2) is 0 Å². The molecule has 0 amide bonds. The lowest BCUT2D eigenvalue weighted by Gasteiger charge is -2.31. The lowest BCUT2D eigenvalue weighted by Crippen LogP contribution is -2.29. The van der Waals surface area contributed by atoms with Gasteiger partial charge in [-0.05, 0) is 54.0 Å². The maximum Gasteiger partial charge on any atom is 0.695 e. The van der Waals surface area contributed by atoms with Gasteiger partial charge in [-0.1, -0.05) is 240 Å². The van der Waals surface area contributed by atoms with Crippen LogP contribution in [-0.4, -0.2) is 10.00 Å². The molecule has 0 radical (unpaired) electrons. The number of rotatable bonds is 37. The maximum absolute atomic E-state index is 12.4. The van der Waals surface area contributed by atoms with Crippen LogP contribution in [0, 0.1) is 6.92 Å². The third kappa shape index (κ3) is 25.0. The quantitative estimate of drug-likeness (QED) is 0.0523. The average Bonchev–Trinajstić information content (AvgIpc) is 3.11. The van der Waals surface area contributed by atoms with Crippen LogP contribution >= 0.6 is 8.25 Å². The molecule has 5 heteroatoms. The normalized spacial score (nSPS) is 12.5. The Labute approximate surface area is 331 Å². The van der Waals surface area contributed by atoms with Crippen LogP contribution in [0.1, 0.15) is 270 Å². The number of hydrogen-bond donors (Lipinski definition) is 2. The van der Waals surface area contributed by atoms with E-state index in [4.69, 9.17) is 4.52 Å². The van der Waals surface area contributed by atoms with Crippen molar-refractivity contribution >= 4 is 8.25 Å². The standard InChI is InChI=1S/C48H89O4P/c1-7-9-11-13-15-17-19-21-23-25-27-29-31-33-35-37-39-48(52-53(50)51,44-41-43(3)46(49)45(42-44)47(4,5)6)40-38-36-34-32-30-28-26-24-22-20-18-16-14-12-10-8-2/h41-42H,7-40H2,1-6H3,(H-,49,50,51)/p+1. The molecule has 0 bridgehead atoms. The van der Waals surface area contributed by atoms with Gasteiger partial charge in [0.15, 0.2) is 5.60 Å². The second kappa shape index (κ2) is 32.2. The molecule has 1 aromatic rings. The topological polar surface area (TPSA) is 66.8 Å². The van der Waals surface area contributed by atoms with E-state index in [-0.39, 0.29) is 5.41 Å². The smallest absolute Gasteiger partial charge is 0.507 e. The molecule has 4 nitrogen and oxygen atoms in total. The van der Waals surface area contributed by atoms with Gasteiger partial charge in [0.25, 0.3) is 0 Å². The Balaban J connectivity index is 2.57. The summed E-state index contributed by atoms with van der Waals surface area (Å²) >= 11 is 0. The zero-order valence-corrected chi connectivity index (χ0v) is 37.2. The first-order chi connectivity index (χ1) is 25.6. The Hall–Kier alpha value is -0.960. The lowest BCUT2D eigenvalue weighted by atomic mass is 9.78. The summed E-state index contributed by atoms with van der Waals surface area (Å²) in [6, 6.07) is 4.09. The van der Waals surface area contributed by atoms with Crippen molar-refractivity contribution in [2.24, 2.45) is 0 Å². The van der Waals surface area contributed by atoms with Crippen LogP contribution < -0.4 is 0 Å². The van der Waals surface area contributed by atoms with Crippen molar-refractivity contribution in [1.29, 1.82) is 0 Å². The summed E-state index contributed by atoms with van der Waals surface area (Å²) in [5, 5.41) is 11.0. The molecule has 1 aromatic carbocycles. The van der Waals surface area contributed by atoms with E-state index in [1.165, 1.54) is 180 Å². The molecule has 2 N–H and O–H groups in total. The lowest BCUT2D eigenvalue weighted by molar-refractivity contribution is 0.0378. The molecule has 1 unspecified atom stereocenters. The third-order valence-corrected chi connectivity index (χ3v) is 12.3. The Kier molecular flexibility index (Phi) is 30.4. The van der Waals surface area contributed by atoms with Gasteiger partial charge in [-0.15, -0.1) is 9.42 Å². The summed E-state index contributed by atoms with van der Waals surface area (Å²) in [4.78, 5) is 10.2. The highest BCUT2D eigenvalue weighted by atomic mass is 31.1. The van der Waals surface area contributed by atoms with Crippen LogP contribution in [0.3, 0.4) is 0 Å². The van der Waals surface area contributed by atoms with Crippen molar-refractivity contribution in [1.82, 2.24) is 0 Å². The van der Waals surface area contributed by atoms with E-state index in [0.717, 1.165) is 55.2 Å². The molecular formula is C48H90O4P+. The van der Waals surface area contributed by atoms with E-state index in [9.17, 15) is 14.6 Å². The van der Waals surface area contributed by atoms with E-state index in [1.54, 1.807) is 0 Å². The second-order valence-corrected chi connectivity index (χ2v) is 18.5. The summed E-state index contributed by atoms with van der Waals surface area (Å²) in [6.45, 7) is 12.9. The first-order valence-corrected chi connectivity index (χ1v) is 24.4. The fourth-order valence-corrected chi connectivity index (χ4v) is 8.83. The van der Waals surface area contributed by atoms with Crippen LogP contribution in [0.2, 0.25) is 0 Å². The van der Waals surface area contributed by atoms with E-state index in [0.29, 0.717) is 5.75 Å². The first-order valence-electron chi connectivity index (χ1n) is 23.3. The van der Waals surface area contributed by atoms with Crippen molar-refractivity contribution in [3.05, 3.63) is 28.8 Å². The average molecular weight is 762 g/mol. The molecule has 1 atom stereocenters. The highest BCUT2D eigenvalue weighted by Crippen LogP contribution is 2.46. The second-order valence-electron chi connectivity index (χ2n) is 17.9. The monoisotopic (exact) mass is 762 g/mol. The van der Waals surface area contributed by atoms with Crippen molar-refractivity contribution in [3.63, 3.8) is 0 Å². The van der Waals surface area contributed by atoms with Crippen LogP contribution in [0.4, 0.5) is 0 Å². The van der Waals surface area contributed by atoms with Crippen LogP contribution in [0.5, 0.6) is 5.75 Å². The minimum absolute atomic E-state index is 0.250. The fraction of sp³-hybridized carbons (Fsp3) is 0.875. The van der Waals surface area contributed by atoms with Gasteiger partial charge in [0.1, 0.15) is 5.75 Å². The van der Waals surface area contributed by atoms with Gasteiger partial charge in [0, 0.05) is 4.57 Å². The Morgan fingerprint density at radius 2 is 0.792 bits per heavy atom. The van der Waals surface area contributed by atoms with Gasteiger partial charge >= 0.3 is 8.25 Å². The summed E-state index contributed by atoms with van der Waals surface area (Å²) < 4.78 is 18.6. The number of unbranched alkanes of at least 4 members (excludes halogenated alkanes) is 30. The summed E-state index contributed by atoms with van der Waals surface area (Å²) in [7, 11) is -2.77. The molecular weight excluding hydrogens is 671 g/mol. The summed E-state index contributed by atoms with van der Waals surface area (Å²) in [5.41, 5.74) is 1.59. The minimum Gasteiger partial charge on any atom is -0.507 e. The van der Waals surface area contributed by atoms with Crippen LogP contribution in [0.25, 0.3) is 0 Å². The first kappa shape index (κ1) is 50.1. The molecule has 53 heavy (non-hydrogen) atoms. The number of aryl methyl sites for hydroxylation is 1. The maximum atomic E-state index is 12.4. The third-order valence-electron chi connectivity index (χ3n) is 11.8. The SMILES string of the molecule is CCCCCCCCCCCCCCCCCCC(CCCCCCCCCCCCCCCCCC)(O[P+](=O)O)c1cc(C)c(O)c(C(C)(C)C)c1. The molecule has 0 aliphatic rings. The zero-order chi connectivity index (χ0) is 39.0. The highest BCUT2D eigenvalue weighted by Gasteiger charge is 2.42. The van der Waals surface area contributed by atoms with E-state index >= 15 is 0 Å². The Morgan fingerprint density at radius 3 is 1.06 bits per heavy atom. The van der Waals surface area contributed by atoms with Crippen molar-refractivity contribution in [2.75, 3.05) is 0 Å². The van der Waals surface area contributed by atoms with Gasteiger partial charge in [0.05, 0.1) is 0 Å². The molecule has 0 aromatic heterocycles. The largest absolute Gasteiger partial charge is 0.695 e. The predicted octanol–water partition coefficient (Wildman–Crippen LogP) is 17.2. The fourth-order valence-electron chi connectivity index (χ4n) is 8.24. The van der Waals surface area contributed by atoms with E-state index in [1.807, 2.05) is 13.0 Å². The predicted molar refractivity (Wildman–Crippen MR) is 232 cm³/mol. The minimum atomic E-state index is -2.77. The molecule has 0 aliphatic carbocycles. The molecule has 0 saturated heterocycles. The number of phenolic OH excluding ortho intramolecular Hbond substituents is 1. The summed E-state index contributed by atoms with van der Waals surface area (Å²) in [6.07, 6.45) is 43.9. The highest BCUT2D eigenvalue weighted by molar-refractivity contribution is 7.32. The summed E-state index contributed by atoms with van der Waals surface area (Å²) in [5.74, 6) is 0.327. The Bertz CT molecular complexity index is 980. The Morgan fingerprint density at radius 1 is 0.509 bits per heavy atom. The van der Waals surface area contributed by atoms with Gasteiger partial charge < -0.3 is 5.11 Å². The molecule has 0 saturated carbocycles. The number of hydrogen-bond acceptors (Lipinski definition) is 3. The van der Waals surface area contributed by atoms with Crippen molar-refractivity contribution < 1.29 is 19.1 Å². The van der Waals surface area contributed by atoms with Crippen LogP contribution in [-0.2, 0) is 20.1 Å².